The van der Waals surface area contributed by atoms with Gasteiger partial charge in [-0.25, -0.2) is 15.0 Å². The number of thiazole rings is 1. The number of aromatic nitrogens is 3. The molecule has 0 saturated carbocycles. The first kappa shape index (κ1) is 9.08. The Bertz CT molecular complexity index is 438. The van der Waals surface area contributed by atoms with Gasteiger partial charge in [0.15, 0.2) is 0 Å². The number of nitrogens with one attached hydrogen (secondary N) is 1. The summed E-state index contributed by atoms with van der Waals surface area (Å²) >= 11 is 1.63. The molecule has 0 aliphatic rings. The Morgan fingerprint density at radius 2 is 2.21 bits per heavy atom. The van der Waals surface area contributed by atoms with Crippen molar-refractivity contribution >= 4 is 17.3 Å². The zero-order valence-corrected chi connectivity index (χ0v) is 8.80. The second-order valence-electron chi connectivity index (χ2n) is 2.76. The quantitative estimate of drug-likeness (QED) is 0.816. The van der Waals surface area contributed by atoms with Crippen molar-refractivity contribution in [3.63, 3.8) is 0 Å². The molecular weight excluding hydrogens is 196 g/mol. The molecule has 2 rings (SSSR count). The molecule has 0 bridgehead atoms. The van der Waals surface area contributed by atoms with Gasteiger partial charge in [-0.3, -0.25) is 0 Å². The molecule has 0 saturated heterocycles. The largest absolute Gasteiger partial charge is 0.357 e. The number of anilines is 1. The van der Waals surface area contributed by atoms with Gasteiger partial charge in [0.1, 0.15) is 0 Å². The summed E-state index contributed by atoms with van der Waals surface area (Å²) in [5.41, 5.74) is 0.912. The molecule has 2 heterocycles. The summed E-state index contributed by atoms with van der Waals surface area (Å²) < 4.78 is 0. The molecule has 1 N–H and O–H groups in total. The predicted molar refractivity (Wildman–Crippen MR) is 57.4 cm³/mol. The van der Waals surface area contributed by atoms with Gasteiger partial charge in [0.05, 0.1) is 15.6 Å². The molecular formula is C9H10N4S. The van der Waals surface area contributed by atoms with E-state index in [1.165, 1.54) is 0 Å². The van der Waals surface area contributed by atoms with Crippen molar-refractivity contribution in [1.29, 1.82) is 0 Å². The van der Waals surface area contributed by atoms with Crippen LogP contribution >= 0.6 is 11.3 Å². The van der Waals surface area contributed by atoms with Gasteiger partial charge in [-0.1, -0.05) is 0 Å². The van der Waals surface area contributed by atoms with Crippen molar-refractivity contribution in [2.24, 2.45) is 0 Å². The number of nitrogens with zero attached hydrogens (tertiary/aromatic N) is 3. The fraction of sp³-hybridized carbons (Fsp3) is 0.222. The molecule has 0 spiro atoms. The van der Waals surface area contributed by atoms with Crippen LogP contribution in [0.5, 0.6) is 0 Å². The first-order valence-electron chi connectivity index (χ1n) is 4.23. The third kappa shape index (κ3) is 1.72. The molecule has 0 amide bonds. The summed E-state index contributed by atoms with van der Waals surface area (Å²) in [6.07, 6.45) is 3.57. The summed E-state index contributed by atoms with van der Waals surface area (Å²) in [4.78, 5) is 13.6. The van der Waals surface area contributed by atoms with E-state index in [0.717, 1.165) is 15.6 Å². The van der Waals surface area contributed by atoms with Crippen LogP contribution in [0.1, 0.15) is 5.01 Å². The normalized spacial score (nSPS) is 10.1. The van der Waals surface area contributed by atoms with Crippen LogP contribution < -0.4 is 5.32 Å². The molecule has 4 nitrogen and oxygen atoms in total. The first-order valence-corrected chi connectivity index (χ1v) is 5.05. The molecule has 0 atom stereocenters. The van der Waals surface area contributed by atoms with Crippen molar-refractivity contribution in [2.75, 3.05) is 12.4 Å². The van der Waals surface area contributed by atoms with Crippen molar-refractivity contribution in [3.05, 3.63) is 23.5 Å². The van der Waals surface area contributed by atoms with Crippen LogP contribution in [0.3, 0.4) is 0 Å². The zero-order chi connectivity index (χ0) is 9.97. The van der Waals surface area contributed by atoms with Crippen LogP contribution in [0, 0.1) is 6.92 Å². The minimum absolute atomic E-state index is 0.633. The second kappa shape index (κ2) is 3.71. The van der Waals surface area contributed by atoms with Gasteiger partial charge in [0, 0.05) is 19.4 Å². The molecule has 0 aliphatic heterocycles. The van der Waals surface area contributed by atoms with Crippen LogP contribution in [0.2, 0.25) is 0 Å². The van der Waals surface area contributed by atoms with Crippen molar-refractivity contribution in [2.45, 2.75) is 6.92 Å². The molecule has 2 aromatic rings. The second-order valence-corrected chi connectivity index (χ2v) is 3.99. The van der Waals surface area contributed by atoms with Crippen molar-refractivity contribution in [1.82, 2.24) is 15.0 Å². The van der Waals surface area contributed by atoms with E-state index in [1.54, 1.807) is 24.6 Å². The minimum atomic E-state index is 0.633. The van der Waals surface area contributed by atoms with Crippen molar-refractivity contribution in [3.8, 4) is 10.6 Å². The van der Waals surface area contributed by atoms with Gasteiger partial charge in [0.25, 0.3) is 0 Å². The van der Waals surface area contributed by atoms with E-state index in [-0.39, 0.29) is 0 Å². The third-order valence-electron chi connectivity index (χ3n) is 1.75. The lowest BCUT2D eigenvalue weighted by Crippen LogP contribution is -1.95. The number of aryl methyl sites for hydroxylation is 1. The maximum Gasteiger partial charge on any atom is 0.222 e. The monoisotopic (exact) mass is 206 g/mol. The van der Waals surface area contributed by atoms with E-state index in [1.807, 2.05) is 19.2 Å². The molecule has 0 fully saturated rings. The Hall–Kier alpha value is -1.49. The molecule has 14 heavy (non-hydrogen) atoms. The lowest BCUT2D eigenvalue weighted by Gasteiger charge is -1.99. The molecule has 5 heteroatoms. The van der Waals surface area contributed by atoms with E-state index in [0.29, 0.717) is 5.95 Å². The van der Waals surface area contributed by atoms with E-state index >= 15 is 0 Å². The van der Waals surface area contributed by atoms with Gasteiger partial charge >= 0.3 is 0 Å². The Kier molecular flexibility index (Phi) is 2.41. The summed E-state index contributed by atoms with van der Waals surface area (Å²) in [6.45, 7) is 1.98. The highest BCUT2D eigenvalue weighted by Crippen LogP contribution is 2.23. The van der Waals surface area contributed by atoms with Gasteiger partial charge in [-0.15, -0.1) is 11.3 Å². The van der Waals surface area contributed by atoms with Gasteiger partial charge in [-0.2, -0.15) is 0 Å². The molecule has 0 aliphatic carbocycles. The smallest absolute Gasteiger partial charge is 0.222 e. The summed E-state index contributed by atoms with van der Waals surface area (Å²) in [5.74, 6) is 0.633. The molecule has 72 valence electrons. The molecule has 2 aromatic heterocycles. The number of hydrogen-bond acceptors (Lipinski definition) is 5. The van der Waals surface area contributed by atoms with Gasteiger partial charge in [0.2, 0.25) is 5.95 Å². The Labute approximate surface area is 86.1 Å². The third-order valence-corrected chi connectivity index (χ3v) is 2.69. The fourth-order valence-electron chi connectivity index (χ4n) is 1.10. The molecule has 0 unspecified atom stereocenters. The highest BCUT2D eigenvalue weighted by Gasteiger charge is 2.03. The average molecular weight is 206 g/mol. The lowest BCUT2D eigenvalue weighted by molar-refractivity contribution is 1.16. The average Bonchev–Trinajstić information content (AvgIpc) is 2.65. The molecule has 0 aromatic carbocycles. The van der Waals surface area contributed by atoms with Gasteiger partial charge < -0.3 is 5.32 Å². The highest BCUT2D eigenvalue weighted by molar-refractivity contribution is 7.15. The predicted octanol–water partition coefficient (Wildman–Crippen LogP) is 1.95. The fourth-order valence-corrected chi connectivity index (χ4v) is 1.84. The Morgan fingerprint density at radius 1 is 1.36 bits per heavy atom. The van der Waals surface area contributed by atoms with Crippen LogP contribution in [0.25, 0.3) is 10.6 Å². The van der Waals surface area contributed by atoms with E-state index in [2.05, 4.69) is 20.3 Å². The Balaban J connectivity index is 2.41. The van der Waals surface area contributed by atoms with Crippen molar-refractivity contribution < 1.29 is 0 Å². The van der Waals surface area contributed by atoms with Crippen LogP contribution in [-0.2, 0) is 0 Å². The maximum absolute atomic E-state index is 4.32. The number of hydrogen-bond donors (Lipinski definition) is 1. The standard InChI is InChI=1S/C9H10N4S/c1-6-12-5-8(14-6)7-3-4-11-9(10-2)13-7/h3-5H,1-2H3,(H,10,11,13). The van der Waals surface area contributed by atoms with Crippen LogP contribution in [0.4, 0.5) is 5.95 Å². The van der Waals surface area contributed by atoms with Gasteiger partial charge in [-0.05, 0) is 13.0 Å². The topological polar surface area (TPSA) is 50.7 Å². The summed E-state index contributed by atoms with van der Waals surface area (Å²) in [6, 6.07) is 1.88. The molecule has 0 radical (unpaired) electrons. The maximum atomic E-state index is 4.32. The van der Waals surface area contributed by atoms with E-state index in [4.69, 9.17) is 0 Å². The van der Waals surface area contributed by atoms with Crippen LogP contribution in [0.15, 0.2) is 18.5 Å². The SMILES string of the molecule is CNc1nccc(-c2cnc(C)s2)n1. The number of rotatable bonds is 2. The van der Waals surface area contributed by atoms with Crippen LogP contribution in [-0.4, -0.2) is 22.0 Å². The summed E-state index contributed by atoms with van der Waals surface area (Å²) in [7, 11) is 1.80. The zero-order valence-electron chi connectivity index (χ0n) is 7.98. The Morgan fingerprint density at radius 3 is 2.86 bits per heavy atom. The van der Waals surface area contributed by atoms with E-state index < -0.39 is 0 Å². The first-order chi connectivity index (χ1) is 6.79. The highest BCUT2D eigenvalue weighted by atomic mass is 32.1. The summed E-state index contributed by atoms with van der Waals surface area (Å²) in [5, 5.41) is 3.95. The lowest BCUT2D eigenvalue weighted by atomic mass is 10.4. The minimum Gasteiger partial charge on any atom is -0.357 e. The van der Waals surface area contributed by atoms with E-state index in [9.17, 15) is 0 Å².